The summed E-state index contributed by atoms with van der Waals surface area (Å²) in [5.74, 6) is 0.203. The van der Waals surface area contributed by atoms with Crippen LogP contribution in [0.25, 0.3) is 11.3 Å². The van der Waals surface area contributed by atoms with Crippen molar-refractivity contribution in [2.45, 2.75) is 78.8 Å². The summed E-state index contributed by atoms with van der Waals surface area (Å²) in [7, 11) is -0.557. The number of nitrogens with one attached hydrogen (secondary N) is 1. The molecule has 1 atom stereocenters. The molecule has 5 rings (SSSR count). The van der Waals surface area contributed by atoms with Crippen molar-refractivity contribution >= 4 is 27.6 Å². The number of benzene rings is 2. The van der Waals surface area contributed by atoms with E-state index < -0.39 is 16.1 Å². The Bertz CT molecular complexity index is 1990. The predicted octanol–water partition coefficient (Wildman–Crippen LogP) is 7.08. The van der Waals surface area contributed by atoms with E-state index in [1.54, 1.807) is 30.3 Å². The number of hydrogen-bond donors (Lipinski definition) is 1. The Morgan fingerprint density at radius 1 is 1.08 bits per heavy atom. The molecule has 1 aliphatic heterocycles. The van der Waals surface area contributed by atoms with Gasteiger partial charge in [0.15, 0.2) is 0 Å². The van der Waals surface area contributed by atoms with Gasteiger partial charge in [0.25, 0.3) is 15.9 Å². The van der Waals surface area contributed by atoms with E-state index in [1.807, 2.05) is 45.2 Å². The largest absolute Gasteiger partial charge is 0.475 e. The zero-order chi connectivity index (χ0) is 37.8. The van der Waals surface area contributed by atoms with Gasteiger partial charge in [0.05, 0.1) is 47.4 Å². The van der Waals surface area contributed by atoms with Crippen LogP contribution in [0.2, 0.25) is 0 Å². The van der Waals surface area contributed by atoms with E-state index in [-0.39, 0.29) is 46.8 Å². The molecule has 0 saturated heterocycles. The van der Waals surface area contributed by atoms with E-state index in [0.717, 1.165) is 28.8 Å². The lowest BCUT2D eigenvalue weighted by molar-refractivity contribution is 0.0508. The van der Waals surface area contributed by atoms with Crippen LogP contribution in [0.4, 0.5) is 11.6 Å². The summed E-state index contributed by atoms with van der Waals surface area (Å²) in [4.78, 5) is 32.5. The van der Waals surface area contributed by atoms with Crippen molar-refractivity contribution in [3.63, 3.8) is 0 Å². The average Bonchev–Trinajstić information content (AvgIpc) is 3.08. The van der Waals surface area contributed by atoms with Gasteiger partial charge in [0.1, 0.15) is 6.61 Å². The number of amides is 1. The molecule has 0 unspecified atom stereocenters. The molecule has 1 aliphatic rings. The first-order valence-corrected chi connectivity index (χ1v) is 19.2. The van der Waals surface area contributed by atoms with E-state index in [9.17, 15) is 13.2 Å². The third-order valence-electron chi connectivity index (χ3n) is 9.12. The molecule has 0 aliphatic carbocycles. The van der Waals surface area contributed by atoms with Crippen molar-refractivity contribution in [1.29, 1.82) is 0 Å². The molecule has 278 valence electrons. The van der Waals surface area contributed by atoms with Crippen LogP contribution in [0.15, 0.2) is 65.7 Å². The number of methoxy groups -OCH3 is 1. The summed E-state index contributed by atoms with van der Waals surface area (Å²) in [5.41, 5.74) is 5.97. The van der Waals surface area contributed by atoms with Gasteiger partial charge in [0, 0.05) is 37.4 Å². The highest BCUT2D eigenvalue weighted by Gasteiger charge is 2.32. The molecule has 2 aromatic carbocycles. The molecule has 1 amide bonds. The van der Waals surface area contributed by atoms with Crippen molar-refractivity contribution < 1.29 is 22.7 Å². The molecule has 4 bridgehead atoms. The van der Waals surface area contributed by atoms with E-state index in [1.165, 1.54) is 12.1 Å². The maximum absolute atomic E-state index is 14.6. The SMILES string of the molecule is COCCN(C)c1ccc(CN2C(=O)c3cccc(c3)S(=O)(=O)Nc3nc(c(C)c(-c4c(C)cccc4CC(C)C)n3)OC[C@H]2CC(C)(C)C)nc1. The average molecular weight is 729 g/mol. The third-order valence-corrected chi connectivity index (χ3v) is 10.4. The van der Waals surface area contributed by atoms with Gasteiger partial charge in [0.2, 0.25) is 11.8 Å². The third kappa shape index (κ3) is 9.27. The van der Waals surface area contributed by atoms with Crippen LogP contribution in [0.1, 0.15) is 73.8 Å². The van der Waals surface area contributed by atoms with E-state index in [4.69, 9.17) is 19.4 Å². The van der Waals surface area contributed by atoms with Crippen LogP contribution in [-0.2, 0) is 27.7 Å². The van der Waals surface area contributed by atoms with Gasteiger partial charge in [-0.2, -0.15) is 4.98 Å². The van der Waals surface area contributed by atoms with Gasteiger partial charge in [-0.25, -0.2) is 18.1 Å². The monoisotopic (exact) mass is 728 g/mol. The Kier molecular flexibility index (Phi) is 11.9. The highest BCUT2D eigenvalue weighted by molar-refractivity contribution is 7.92. The molecule has 0 fully saturated rings. The first-order valence-electron chi connectivity index (χ1n) is 17.8. The second-order valence-corrected chi connectivity index (χ2v) is 16.9. The van der Waals surface area contributed by atoms with Crippen molar-refractivity contribution in [2.24, 2.45) is 11.3 Å². The molecule has 2 aromatic heterocycles. The number of nitrogens with zero attached hydrogens (tertiary/aromatic N) is 5. The summed E-state index contributed by atoms with van der Waals surface area (Å²) in [6, 6.07) is 15.7. The highest BCUT2D eigenvalue weighted by Crippen LogP contribution is 2.36. The van der Waals surface area contributed by atoms with E-state index in [2.05, 4.69) is 55.3 Å². The zero-order valence-corrected chi connectivity index (χ0v) is 32.7. The summed E-state index contributed by atoms with van der Waals surface area (Å²) >= 11 is 0. The smallest absolute Gasteiger partial charge is 0.264 e. The molecule has 0 saturated carbocycles. The van der Waals surface area contributed by atoms with Crippen molar-refractivity contribution in [3.8, 4) is 17.1 Å². The minimum atomic E-state index is -4.20. The van der Waals surface area contributed by atoms with Gasteiger partial charge < -0.3 is 19.3 Å². The molecule has 11 nitrogen and oxygen atoms in total. The quantitative estimate of drug-likeness (QED) is 0.182. The number of aryl methyl sites for hydroxylation is 1. The molecule has 12 heteroatoms. The molecule has 1 N–H and O–H groups in total. The van der Waals surface area contributed by atoms with Crippen molar-refractivity contribution in [1.82, 2.24) is 19.9 Å². The minimum Gasteiger partial charge on any atom is -0.475 e. The van der Waals surface area contributed by atoms with Gasteiger partial charge in [-0.3, -0.25) is 9.78 Å². The fourth-order valence-electron chi connectivity index (χ4n) is 6.52. The molecule has 4 aromatic rings. The molecule has 0 spiro atoms. The lowest BCUT2D eigenvalue weighted by Crippen LogP contribution is -2.45. The number of ether oxygens (including phenoxy) is 2. The minimum absolute atomic E-state index is 0.0731. The maximum Gasteiger partial charge on any atom is 0.264 e. The van der Waals surface area contributed by atoms with Gasteiger partial charge in [-0.15, -0.1) is 0 Å². The number of pyridine rings is 1. The fourth-order valence-corrected chi connectivity index (χ4v) is 7.51. The summed E-state index contributed by atoms with van der Waals surface area (Å²) in [6.07, 6.45) is 3.19. The normalized spacial score (nSPS) is 16.0. The molecule has 3 heterocycles. The van der Waals surface area contributed by atoms with Crippen LogP contribution < -0.4 is 14.4 Å². The van der Waals surface area contributed by atoms with Crippen LogP contribution in [-0.4, -0.2) is 74.1 Å². The zero-order valence-electron chi connectivity index (χ0n) is 31.9. The van der Waals surface area contributed by atoms with Crippen LogP contribution in [0.5, 0.6) is 5.88 Å². The van der Waals surface area contributed by atoms with E-state index in [0.29, 0.717) is 42.4 Å². The lowest BCUT2D eigenvalue weighted by atomic mass is 9.87. The highest BCUT2D eigenvalue weighted by atomic mass is 32.2. The predicted molar refractivity (Wildman–Crippen MR) is 205 cm³/mol. The second-order valence-electron chi connectivity index (χ2n) is 15.3. The molecular formula is C40H52N6O5S. The Labute approximate surface area is 308 Å². The molecule has 0 radical (unpaired) electrons. The summed E-state index contributed by atoms with van der Waals surface area (Å²) in [5, 5.41) is 0. The summed E-state index contributed by atoms with van der Waals surface area (Å²) in [6.45, 7) is 16.2. The fraction of sp³-hybridized carbons (Fsp3) is 0.450. The van der Waals surface area contributed by atoms with Crippen LogP contribution in [0, 0.1) is 25.2 Å². The van der Waals surface area contributed by atoms with Crippen molar-refractivity contribution in [3.05, 3.63) is 88.7 Å². The van der Waals surface area contributed by atoms with Crippen LogP contribution in [0.3, 0.4) is 0 Å². The van der Waals surface area contributed by atoms with Crippen LogP contribution >= 0.6 is 0 Å². The first kappa shape index (κ1) is 38.7. The number of fused-ring (bicyclic) bond motifs is 4. The first-order chi connectivity index (χ1) is 24.6. The van der Waals surface area contributed by atoms with E-state index >= 15 is 0 Å². The number of rotatable bonds is 10. The lowest BCUT2D eigenvalue weighted by Gasteiger charge is -2.35. The van der Waals surface area contributed by atoms with Crippen molar-refractivity contribution in [2.75, 3.05) is 43.5 Å². The number of carbonyl (C=O) groups is 1. The Morgan fingerprint density at radius 3 is 2.50 bits per heavy atom. The number of sulfonamides is 1. The molecule has 52 heavy (non-hydrogen) atoms. The Balaban J connectivity index is 1.65. The standard InChI is InChI=1S/C40H52N6O5S/c1-26(2)20-29-13-10-12-27(3)35(29)36-28(4)37-43-39(42-36)44-52(48,49)34-15-11-14-30(21-34)38(47)46(33(25-51-37)22-40(5,6)7)24-31-16-17-32(23-41-31)45(8)18-19-50-9/h10-17,21,23,26,33H,18-20,22,24-25H2,1-9H3,(H,42,43,44)/t33-/m1/s1. The Morgan fingerprint density at radius 2 is 1.83 bits per heavy atom. The van der Waals surface area contributed by atoms with Gasteiger partial charge in [-0.1, -0.05) is 58.9 Å². The van der Waals surface area contributed by atoms with Gasteiger partial charge >= 0.3 is 0 Å². The number of anilines is 2. The maximum atomic E-state index is 14.6. The Hall–Kier alpha value is -4.55. The second kappa shape index (κ2) is 16.0. The number of likely N-dealkylation sites (N-methyl/N-ethyl adjacent to an activating group) is 1. The molecular weight excluding hydrogens is 677 g/mol. The van der Waals surface area contributed by atoms with Gasteiger partial charge in [-0.05, 0) is 79.5 Å². The number of hydrogen-bond acceptors (Lipinski definition) is 9. The number of carbonyl (C=O) groups excluding carboxylic acids is 1. The topological polar surface area (TPSA) is 127 Å². The summed E-state index contributed by atoms with van der Waals surface area (Å²) < 4.78 is 42.2. The number of aromatic nitrogens is 3.